The number of benzene rings is 1. The van der Waals surface area contributed by atoms with Gasteiger partial charge < -0.3 is 9.64 Å². The Balaban J connectivity index is 0.000000256. The van der Waals surface area contributed by atoms with Gasteiger partial charge in [0.2, 0.25) is 5.91 Å². The zero-order chi connectivity index (χ0) is 18.1. The Morgan fingerprint density at radius 3 is 2.29 bits per heavy atom. The van der Waals surface area contributed by atoms with Crippen molar-refractivity contribution in [2.45, 2.75) is 39.2 Å². The normalized spacial score (nSPS) is 11.5. The third-order valence-electron chi connectivity index (χ3n) is 3.59. The average Bonchev–Trinajstić information content (AvgIpc) is 3.01. The maximum Gasteiger partial charge on any atom is 0.293 e. The largest absolute Gasteiger partial charge is 0.462 e. The molecule has 4 bridgehead atoms. The van der Waals surface area contributed by atoms with E-state index >= 15 is 0 Å². The molecule has 0 saturated carbocycles. The van der Waals surface area contributed by atoms with Crippen LogP contribution in [0, 0.1) is 0 Å². The molecule has 0 unspecified atom stereocenters. The first kappa shape index (κ1) is 17.8. The van der Waals surface area contributed by atoms with Crippen LogP contribution < -0.4 is 5.43 Å². The van der Waals surface area contributed by atoms with Crippen molar-refractivity contribution in [3.05, 3.63) is 28.0 Å². The van der Waals surface area contributed by atoms with Crippen LogP contribution in [0.5, 0.6) is 0 Å². The standard InChI is InChI=1S/C12H13N3O2.C5H10O2/c1-14(2)11(17)4-3-8-12-9-5-7(16)6-10(12)15(9)13-8;1-5(2,3)7-4-6/h5-6,13H,3-4H2,1-2H3;4H,1-3H3. The molecular weight excluding hydrogens is 310 g/mol. The number of H-pyrrole nitrogens is 1. The summed E-state index contributed by atoms with van der Waals surface area (Å²) in [6.07, 6.45) is 1.17. The number of rotatable bonds is 4. The lowest BCUT2D eigenvalue weighted by Crippen LogP contribution is -2.21. The lowest BCUT2D eigenvalue weighted by atomic mass is 10.1. The van der Waals surface area contributed by atoms with Crippen LogP contribution in [0.15, 0.2) is 16.9 Å². The van der Waals surface area contributed by atoms with Gasteiger partial charge in [0.05, 0.1) is 11.0 Å². The number of carbonyl (C=O) groups excluding carboxylic acids is 2. The summed E-state index contributed by atoms with van der Waals surface area (Å²) in [7, 11) is 3.51. The zero-order valence-corrected chi connectivity index (χ0v) is 14.7. The van der Waals surface area contributed by atoms with Crippen LogP contribution in [0.3, 0.4) is 0 Å². The van der Waals surface area contributed by atoms with Crippen molar-refractivity contribution in [3.63, 3.8) is 0 Å². The minimum atomic E-state index is -0.318. The number of amides is 1. The lowest BCUT2D eigenvalue weighted by molar-refractivity contribution is -0.138. The van der Waals surface area contributed by atoms with Crippen molar-refractivity contribution in [3.8, 4) is 0 Å². The van der Waals surface area contributed by atoms with E-state index in [2.05, 4.69) is 9.84 Å². The molecule has 0 aliphatic heterocycles. The number of hydrogen-bond donors (Lipinski definition) is 1. The Hall–Kier alpha value is -2.57. The molecule has 1 amide bonds. The van der Waals surface area contributed by atoms with E-state index in [1.54, 1.807) is 31.1 Å². The molecule has 0 aliphatic carbocycles. The van der Waals surface area contributed by atoms with E-state index in [9.17, 15) is 14.4 Å². The predicted octanol–water partition coefficient (Wildman–Crippen LogP) is 1.64. The van der Waals surface area contributed by atoms with Crippen molar-refractivity contribution in [1.82, 2.24) is 14.5 Å². The fraction of sp³-hybridized carbons (Fsp3) is 0.471. The van der Waals surface area contributed by atoms with Gasteiger partial charge in [-0.3, -0.25) is 24.0 Å². The third-order valence-corrected chi connectivity index (χ3v) is 3.59. The molecule has 4 aromatic heterocycles. The number of fused-ring (bicyclic) bond motifs is 1. The summed E-state index contributed by atoms with van der Waals surface area (Å²) in [6, 6.07) is 3.24. The fourth-order valence-corrected chi connectivity index (χ4v) is 2.42. The van der Waals surface area contributed by atoms with Gasteiger partial charge in [-0.05, 0) is 27.2 Å². The Morgan fingerprint density at radius 2 is 1.88 bits per heavy atom. The van der Waals surface area contributed by atoms with Crippen LogP contribution in [0.1, 0.15) is 32.9 Å². The van der Waals surface area contributed by atoms with E-state index in [0.717, 1.165) is 22.1 Å². The van der Waals surface area contributed by atoms with E-state index in [4.69, 9.17) is 0 Å². The molecule has 4 heterocycles. The maximum absolute atomic E-state index is 11.5. The van der Waals surface area contributed by atoms with Gasteiger partial charge in [-0.1, -0.05) is 0 Å². The van der Waals surface area contributed by atoms with E-state index in [1.165, 1.54) is 0 Å². The van der Waals surface area contributed by atoms with Crippen LogP contribution >= 0.6 is 0 Å². The minimum absolute atomic E-state index is 0.0439. The zero-order valence-electron chi connectivity index (χ0n) is 14.7. The highest BCUT2D eigenvalue weighted by atomic mass is 16.5. The van der Waals surface area contributed by atoms with Crippen LogP contribution in [-0.2, 0) is 20.7 Å². The highest BCUT2D eigenvalue weighted by molar-refractivity contribution is 6.04. The second kappa shape index (κ2) is 6.51. The first-order chi connectivity index (χ1) is 11.1. The predicted molar refractivity (Wildman–Crippen MR) is 91.8 cm³/mol. The molecule has 24 heavy (non-hydrogen) atoms. The van der Waals surface area contributed by atoms with Crippen LogP contribution in [-0.4, -0.2) is 46.6 Å². The Bertz CT molecular complexity index is 834. The van der Waals surface area contributed by atoms with Crippen LogP contribution in [0.25, 0.3) is 16.4 Å². The first-order valence-electron chi connectivity index (χ1n) is 7.73. The Labute approximate surface area is 139 Å². The number of pyridine rings is 1. The number of aromatic amines is 1. The minimum Gasteiger partial charge on any atom is -0.462 e. The van der Waals surface area contributed by atoms with E-state index < -0.39 is 0 Å². The highest BCUT2D eigenvalue weighted by Gasteiger charge is 2.20. The van der Waals surface area contributed by atoms with Gasteiger partial charge >= 0.3 is 0 Å². The van der Waals surface area contributed by atoms with Gasteiger partial charge in [-0.15, -0.1) is 0 Å². The van der Waals surface area contributed by atoms with Gasteiger partial charge in [0.25, 0.3) is 6.47 Å². The molecule has 0 aromatic carbocycles. The van der Waals surface area contributed by atoms with Crippen molar-refractivity contribution in [2.75, 3.05) is 14.1 Å². The number of aromatic nitrogens is 2. The number of aryl methyl sites for hydroxylation is 1. The van der Waals surface area contributed by atoms with Gasteiger partial charge in [0, 0.05) is 43.7 Å². The highest BCUT2D eigenvalue weighted by Crippen LogP contribution is 2.30. The lowest BCUT2D eigenvalue weighted by Gasteiger charge is -2.14. The molecule has 0 saturated heterocycles. The topological polar surface area (TPSA) is 83.9 Å². The average molecular weight is 333 g/mol. The quantitative estimate of drug-likeness (QED) is 0.736. The number of hydrogen-bond acceptors (Lipinski definition) is 4. The third kappa shape index (κ3) is 3.67. The summed E-state index contributed by atoms with van der Waals surface area (Å²) in [6.45, 7) is 5.92. The molecule has 0 radical (unpaired) electrons. The van der Waals surface area contributed by atoms with E-state index in [1.807, 2.05) is 25.3 Å². The van der Waals surface area contributed by atoms with Crippen molar-refractivity contribution in [2.24, 2.45) is 0 Å². The number of ether oxygens (including phenoxy) is 1. The van der Waals surface area contributed by atoms with Gasteiger partial charge in [-0.2, -0.15) is 0 Å². The summed E-state index contributed by atoms with van der Waals surface area (Å²) in [5, 5.41) is 4.31. The number of nitrogens with one attached hydrogen (secondary N) is 1. The molecule has 4 aromatic rings. The summed E-state index contributed by atoms with van der Waals surface area (Å²) >= 11 is 0. The molecule has 0 atom stereocenters. The molecular formula is C17H23N3O4. The van der Waals surface area contributed by atoms with Crippen molar-refractivity contribution >= 4 is 28.8 Å². The van der Waals surface area contributed by atoms with Crippen molar-refractivity contribution < 1.29 is 14.3 Å². The Kier molecular flexibility index (Phi) is 4.82. The summed E-state index contributed by atoms with van der Waals surface area (Å²) < 4.78 is 6.44. The second-order valence-corrected chi connectivity index (χ2v) is 6.88. The number of carbonyl (C=O) groups is 2. The second-order valence-electron chi connectivity index (χ2n) is 6.88. The van der Waals surface area contributed by atoms with E-state index in [0.29, 0.717) is 19.3 Å². The van der Waals surface area contributed by atoms with Crippen LogP contribution in [0.4, 0.5) is 0 Å². The molecule has 1 N–H and O–H groups in total. The van der Waals surface area contributed by atoms with Crippen LogP contribution in [0.2, 0.25) is 0 Å². The molecule has 7 heteroatoms. The first-order valence-corrected chi connectivity index (χ1v) is 7.73. The molecule has 4 rings (SSSR count). The maximum atomic E-state index is 11.5. The Morgan fingerprint density at radius 1 is 1.29 bits per heavy atom. The molecule has 7 nitrogen and oxygen atoms in total. The summed E-state index contributed by atoms with van der Waals surface area (Å²) in [4.78, 5) is 33.9. The van der Waals surface area contributed by atoms with Gasteiger partial charge in [0.15, 0.2) is 5.43 Å². The smallest absolute Gasteiger partial charge is 0.293 e. The van der Waals surface area contributed by atoms with Crippen molar-refractivity contribution in [1.29, 1.82) is 0 Å². The summed E-state index contributed by atoms with van der Waals surface area (Å²) in [5.74, 6) is 0.114. The van der Waals surface area contributed by atoms with E-state index in [-0.39, 0.29) is 16.9 Å². The summed E-state index contributed by atoms with van der Waals surface area (Å²) in [5.41, 5.74) is 2.66. The SMILES string of the molecule is CC(C)(C)OC=O.CN(C)C(=O)CCc1[nH]n2c3cc(=O)cc2c13. The molecule has 0 aliphatic rings. The number of nitrogens with zero attached hydrogens (tertiary/aromatic N) is 2. The van der Waals surface area contributed by atoms with Gasteiger partial charge in [0.1, 0.15) is 5.60 Å². The molecule has 130 valence electrons. The fourth-order valence-electron chi connectivity index (χ4n) is 2.42. The van der Waals surface area contributed by atoms with Gasteiger partial charge in [-0.25, -0.2) is 0 Å². The monoisotopic (exact) mass is 333 g/mol. The molecule has 0 spiro atoms. The molecule has 0 fully saturated rings.